The predicted molar refractivity (Wildman–Crippen MR) is 116 cm³/mol. The minimum absolute atomic E-state index is 0.426. The summed E-state index contributed by atoms with van der Waals surface area (Å²) in [6.07, 6.45) is 4.35. The van der Waals surface area contributed by atoms with E-state index in [9.17, 15) is 8.42 Å². The Labute approximate surface area is 182 Å². The third kappa shape index (κ3) is 4.13. The van der Waals surface area contributed by atoms with Crippen molar-refractivity contribution in [1.82, 2.24) is 29.4 Å². The molecule has 0 radical (unpaired) electrons. The first-order valence-electron chi connectivity index (χ1n) is 10.8. The standard InChI is InChI=1S/C22H26N6O2S/c29-31(30,21-11-10-18-6-4-5-7-19(18)16-21)27-14-12-26(13-15-27)17-22-23-24-25-28(22)20-8-2-1-3-9-20/h1-3,8-11,16H,4-7,12-15,17H2. The van der Waals surface area contributed by atoms with E-state index in [0.717, 1.165) is 30.8 Å². The van der Waals surface area contributed by atoms with E-state index in [2.05, 4.69) is 20.4 Å². The Morgan fingerprint density at radius 1 is 0.871 bits per heavy atom. The summed E-state index contributed by atoms with van der Waals surface area (Å²) in [6, 6.07) is 15.4. The number of nitrogens with zero attached hydrogens (tertiary/aromatic N) is 6. The van der Waals surface area contributed by atoms with E-state index in [1.54, 1.807) is 15.1 Å². The molecule has 162 valence electrons. The van der Waals surface area contributed by atoms with Crippen molar-refractivity contribution in [2.24, 2.45) is 0 Å². The maximum atomic E-state index is 13.2. The average Bonchev–Trinajstić information content (AvgIpc) is 3.28. The molecule has 9 heteroatoms. The van der Waals surface area contributed by atoms with Crippen molar-refractivity contribution in [3.8, 4) is 5.69 Å². The highest BCUT2D eigenvalue weighted by Gasteiger charge is 2.29. The van der Waals surface area contributed by atoms with E-state index < -0.39 is 10.0 Å². The lowest BCUT2D eigenvalue weighted by Crippen LogP contribution is -2.48. The van der Waals surface area contributed by atoms with Gasteiger partial charge >= 0.3 is 0 Å². The molecule has 1 aromatic heterocycles. The van der Waals surface area contributed by atoms with E-state index >= 15 is 0 Å². The van der Waals surface area contributed by atoms with Crippen LogP contribution in [0.25, 0.3) is 5.69 Å². The van der Waals surface area contributed by atoms with Crippen LogP contribution in [0.5, 0.6) is 0 Å². The molecule has 1 aliphatic carbocycles. The second-order valence-electron chi connectivity index (χ2n) is 8.16. The largest absolute Gasteiger partial charge is 0.293 e. The summed E-state index contributed by atoms with van der Waals surface area (Å²) < 4.78 is 29.8. The van der Waals surface area contributed by atoms with Crippen molar-refractivity contribution in [2.45, 2.75) is 37.1 Å². The highest BCUT2D eigenvalue weighted by molar-refractivity contribution is 7.89. The third-order valence-corrected chi connectivity index (χ3v) is 8.08. The molecule has 0 spiro atoms. The van der Waals surface area contributed by atoms with Gasteiger partial charge in [0.05, 0.1) is 17.1 Å². The van der Waals surface area contributed by atoms with E-state index in [4.69, 9.17) is 0 Å². The summed E-state index contributed by atoms with van der Waals surface area (Å²) in [5.41, 5.74) is 3.40. The van der Waals surface area contributed by atoms with Crippen LogP contribution in [0.15, 0.2) is 53.4 Å². The van der Waals surface area contributed by atoms with Gasteiger partial charge in [0.15, 0.2) is 5.82 Å². The molecule has 0 unspecified atom stereocenters. The van der Waals surface area contributed by atoms with Crippen LogP contribution in [0.1, 0.15) is 29.8 Å². The number of piperazine rings is 1. The van der Waals surface area contributed by atoms with Gasteiger partial charge < -0.3 is 0 Å². The van der Waals surface area contributed by atoms with Crippen LogP contribution >= 0.6 is 0 Å². The fourth-order valence-electron chi connectivity index (χ4n) is 4.42. The second-order valence-corrected chi connectivity index (χ2v) is 10.1. The van der Waals surface area contributed by atoms with E-state index in [1.165, 1.54) is 17.5 Å². The number of aromatic nitrogens is 4. The number of sulfonamides is 1. The van der Waals surface area contributed by atoms with E-state index in [0.29, 0.717) is 37.6 Å². The molecular formula is C22H26N6O2S. The van der Waals surface area contributed by atoms with Crippen molar-refractivity contribution in [1.29, 1.82) is 0 Å². The Bertz CT molecular complexity index is 1150. The van der Waals surface area contributed by atoms with Crippen molar-refractivity contribution < 1.29 is 8.42 Å². The molecule has 31 heavy (non-hydrogen) atoms. The highest BCUT2D eigenvalue weighted by atomic mass is 32.2. The van der Waals surface area contributed by atoms with Gasteiger partial charge in [-0.2, -0.15) is 8.99 Å². The molecule has 8 nitrogen and oxygen atoms in total. The van der Waals surface area contributed by atoms with Gasteiger partial charge in [0.1, 0.15) is 0 Å². The van der Waals surface area contributed by atoms with Crippen LogP contribution in [0.2, 0.25) is 0 Å². The molecule has 0 bridgehead atoms. The molecule has 2 aromatic carbocycles. The summed E-state index contributed by atoms with van der Waals surface area (Å²) >= 11 is 0. The Morgan fingerprint density at radius 3 is 2.39 bits per heavy atom. The molecule has 1 fully saturated rings. The predicted octanol–water partition coefficient (Wildman–Crippen LogP) is 2.05. The molecule has 2 aliphatic rings. The topological polar surface area (TPSA) is 84.2 Å². The fraction of sp³-hybridized carbons (Fsp3) is 0.409. The first-order valence-corrected chi connectivity index (χ1v) is 12.2. The van der Waals surface area contributed by atoms with Gasteiger partial charge in [0.25, 0.3) is 0 Å². The van der Waals surface area contributed by atoms with Crippen molar-refractivity contribution in [2.75, 3.05) is 26.2 Å². The Hall–Kier alpha value is -2.62. The lowest BCUT2D eigenvalue weighted by atomic mass is 9.92. The number of aryl methyl sites for hydroxylation is 2. The summed E-state index contributed by atoms with van der Waals surface area (Å²) in [5.74, 6) is 0.747. The van der Waals surface area contributed by atoms with Gasteiger partial charge in [0, 0.05) is 26.2 Å². The van der Waals surface area contributed by atoms with Crippen molar-refractivity contribution in [3.63, 3.8) is 0 Å². The fourth-order valence-corrected chi connectivity index (χ4v) is 5.89. The zero-order valence-corrected chi connectivity index (χ0v) is 18.2. The average molecular weight is 439 g/mol. The maximum absolute atomic E-state index is 13.2. The van der Waals surface area contributed by atoms with Gasteiger partial charge in [-0.1, -0.05) is 24.3 Å². The smallest absolute Gasteiger partial charge is 0.243 e. The van der Waals surface area contributed by atoms with Crippen LogP contribution in [-0.2, 0) is 29.4 Å². The molecule has 0 N–H and O–H groups in total. The van der Waals surface area contributed by atoms with Crippen LogP contribution in [0.3, 0.4) is 0 Å². The number of tetrazole rings is 1. The maximum Gasteiger partial charge on any atom is 0.243 e. The Morgan fingerprint density at radius 2 is 1.61 bits per heavy atom. The lowest BCUT2D eigenvalue weighted by molar-refractivity contribution is 0.177. The quantitative estimate of drug-likeness (QED) is 0.606. The third-order valence-electron chi connectivity index (χ3n) is 6.19. The number of hydrogen-bond acceptors (Lipinski definition) is 6. The van der Waals surface area contributed by atoms with Crippen molar-refractivity contribution >= 4 is 10.0 Å². The van der Waals surface area contributed by atoms with Crippen LogP contribution in [-0.4, -0.2) is 64.0 Å². The number of hydrogen-bond donors (Lipinski definition) is 0. The van der Waals surface area contributed by atoms with Crippen LogP contribution < -0.4 is 0 Å². The Balaban J connectivity index is 1.25. The van der Waals surface area contributed by atoms with Gasteiger partial charge in [-0.3, -0.25) is 4.90 Å². The molecule has 1 saturated heterocycles. The molecule has 1 aliphatic heterocycles. The molecule has 3 aromatic rings. The summed E-state index contributed by atoms with van der Waals surface area (Å²) in [5, 5.41) is 12.1. The molecule has 5 rings (SSSR count). The summed E-state index contributed by atoms with van der Waals surface area (Å²) in [4.78, 5) is 2.62. The van der Waals surface area contributed by atoms with E-state index in [1.807, 2.05) is 42.5 Å². The molecule has 0 atom stereocenters. The molecule has 0 saturated carbocycles. The van der Waals surface area contributed by atoms with Crippen LogP contribution in [0.4, 0.5) is 0 Å². The highest BCUT2D eigenvalue weighted by Crippen LogP contribution is 2.26. The zero-order chi connectivity index (χ0) is 21.3. The van der Waals surface area contributed by atoms with Gasteiger partial charge in [-0.25, -0.2) is 8.42 Å². The number of rotatable bonds is 5. The Kier molecular flexibility index (Phi) is 5.56. The van der Waals surface area contributed by atoms with Crippen molar-refractivity contribution in [3.05, 3.63) is 65.5 Å². The second kappa shape index (κ2) is 8.49. The SMILES string of the molecule is O=S(=O)(c1ccc2c(c1)CCCC2)N1CCN(Cc2nnnn2-c2ccccc2)CC1. The number of para-hydroxylation sites is 1. The lowest BCUT2D eigenvalue weighted by Gasteiger charge is -2.33. The minimum Gasteiger partial charge on any atom is -0.293 e. The molecule has 2 heterocycles. The number of benzene rings is 2. The monoisotopic (exact) mass is 438 g/mol. The van der Waals surface area contributed by atoms with E-state index in [-0.39, 0.29) is 0 Å². The molecule has 0 amide bonds. The van der Waals surface area contributed by atoms with Gasteiger partial charge in [-0.05, 0) is 71.5 Å². The van der Waals surface area contributed by atoms with Crippen LogP contribution in [0, 0.1) is 0 Å². The van der Waals surface area contributed by atoms with Gasteiger partial charge in [-0.15, -0.1) is 5.10 Å². The normalized spacial score (nSPS) is 18.1. The summed E-state index contributed by atoms with van der Waals surface area (Å²) in [7, 11) is -3.47. The first kappa shape index (κ1) is 20.3. The summed E-state index contributed by atoms with van der Waals surface area (Å²) in [6.45, 7) is 2.80. The number of fused-ring (bicyclic) bond motifs is 1. The zero-order valence-electron chi connectivity index (χ0n) is 17.4. The first-order chi connectivity index (χ1) is 15.1. The van der Waals surface area contributed by atoms with Gasteiger partial charge in [0.2, 0.25) is 10.0 Å². The minimum atomic E-state index is -3.47. The molecular weight excluding hydrogens is 412 g/mol.